The summed E-state index contributed by atoms with van der Waals surface area (Å²) in [5, 5.41) is 0.922. The molecule has 1 aromatic carbocycles. The van der Waals surface area contributed by atoms with Crippen molar-refractivity contribution in [3.05, 3.63) is 51.3 Å². The molecule has 3 rings (SSSR count). The number of hydrogen-bond donors (Lipinski definition) is 0. The van der Waals surface area contributed by atoms with Crippen LogP contribution in [0, 0.1) is 13.8 Å². The van der Waals surface area contributed by atoms with Crippen LogP contribution in [0.5, 0.6) is 5.75 Å². The summed E-state index contributed by atoms with van der Waals surface area (Å²) in [4.78, 5) is 12.6. The van der Waals surface area contributed by atoms with Gasteiger partial charge in [-0.3, -0.25) is 4.79 Å². The third kappa shape index (κ3) is 4.20. The molecule has 0 aliphatic carbocycles. The van der Waals surface area contributed by atoms with Crippen LogP contribution in [0.4, 0.5) is 0 Å². The van der Waals surface area contributed by atoms with Crippen LogP contribution in [-0.4, -0.2) is 29.7 Å². The number of Topliss-reactive ketones (excluding diaryl/α,β-unsaturated/α-hetero) is 1. The molecule has 1 saturated heterocycles. The van der Waals surface area contributed by atoms with E-state index in [4.69, 9.17) is 32.7 Å². The molecule has 1 unspecified atom stereocenters. The summed E-state index contributed by atoms with van der Waals surface area (Å²) in [5.41, 5.74) is 2.69. The van der Waals surface area contributed by atoms with Crippen LogP contribution in [-0.2, 0) is 11.3 Å². The molecule has 0 amide bonds. The topological polar surface area (TPSA) is 40.5 Å². The van der Waals surface area contributed by atoms with Gasteiger partial charge in [0.1, 0.15) is 5.75 Å². The Hall–Kier alpha value is -1.49. The zero-order valence-electron chi connectivity index (χ0n) is 14.4. The number of halogens is 2. The van der Waals surface area contributed by atoms with Crippen LogP contribution in [0.1, 0.15) is 34.6 Å². The fourth-order valence-corrected chi connectivity index (χ4v) is 3.63. The number of benzene rings is 1. The van der Waals surface area contributed by atoms with Crippen molar-refractivity contribution >= 4 is 29.0 Å². The monoisotopic (exact) mass is 381 g/mol. The number of carbonyl (C=O) groups excluding carboxylic acids is 1. The van der Waals surface area contributed by atoms with Gasteiger partial charge in [-0.05, 0) is 51.0 Å². The van der Waals surface area contributed by atoms with Crippen LogP contribution in [0.15, 0.2) is 24.3 Å². The molecule has 0 radical (unpaired) electrons. The standard InChI is InChI=1S/C19H21Cl2NO3/c1-12-8-16(13(2)22(12)10-15-4-3-7-24-15)18(23)11-25-19-6-5-14(20)9-17(19)21/h5-6,8-9,15H,3-4,7,10-11H2,1-2H3. The van der Waals surface area contributed by atoms with Crippen molar-refractivity contribution in [1.82, 2.24) is 4.57 Å². The van der Waals surface area contributed by atoms with Gasteiger partial charge in [0.2, 0.25) is 5.78 Å². The van der Waals surface area contributed by atoms with Crippen molar-refractivity contribution in [2.75, 3.05) is 13.2 Å². The lowest BCUT2D eigenvalue weighted by Crippen LogP contribution is -2.18. The van der Waals surface area contributed by atoms with E-state index in [0.717, 1.165) is 37.4 Å². The predicted molar refractivity (Wildman–Crippen MR) is 99.2 cm³/mol. The molecule has 1 atom stereocenters. The molecule has 0 N–H and O–H groups in total. The average Bonchev–Trinajstić information content (AvgIpc) is 3.17. The van der Waals surface area contributed by atoms with Gasteiger partial charge in [-0.15, -0.1) is 0 Å². The summed E-state index contributed by atoms with van der Waals surface area (Å²) < 4.78 is 13.4. The minimum absolute atomic E-state index is 0.0639. The second kappa shape index (κ2) is 7.81. The fraction of sp³-hybridized carbons (Fsp3) is 0.421. The second-order valence-corrected chi connectivity index (χ2v) is 7.16. The van der Waals surface area contributed by atoms with Crippen LogP contribution in [0.2, 0.25) is 10.0 Å². The predicted octanol–water partition coefficient (Wildman–Crippen LogP) is 4.85. The average molecular weight is 382 g/mol. The largest absolute Gasteiger partial charge is 0.484 e. The molecule has 134 valence electrons. The van der Waals surface area contributed by atoms with Crippen molar-refractivity contribution in [2.24, 2.45) is 0 Å². The van der Waals surface area contributed by atoms with E-state index in [1.165, 1.54) is 0 Å². The van der Waals surface area contributed by atoms with Gasteiger partial charge in [0.25, 0.3) is 0 Å². The number of rotatable bonds is 6. The molecule has 1 aliphatic rings. The Morgan fingerprint density at radius 3 is 2.80 bits per heavy atom. The molecular weight excluding hydrogens is 361 g/mol. The van der Waals surface area contributed by atoms with E-state index in [1.807, 2.05) is 19.9 Å². The van der Waals surface area contributed by atoms with Gasteiger partial charge in [0, 0.05) is 35.1 Å². The number of ether oxygens (including phenoxy) is 2. The molecule has 0 saturated carbocycles. The van der Waals surface area contributed by atoms with E-state index in [9.17, 15) is 4.79 Å². The van der Waals surface area contributed by atoms with E-state index in [0.29, 0.717) is 21.4 Å². The Labute approximate surface area is 157 Å². The first-order valence-electron chi connectivity index (χ1n) is 8.35. The Morgan fingerprint density at radius 1 is 1.32 bits per heavy atom. The Morgan fingerprint density at radius 2 is 2.12 bits per heavy atom. The molecule has 2 heterocycles. The summed E-state index contributed by atoms with van der Waals surface area (Å²) in [6.07, 6.45) is 2.40. The summed E-state index contributed by atoms with van der Waals surface area (Å²) in [5.74, 6) is 0.380. The van der Waals surface area contributed by atoms with E-state index in [2.05, 4.69) is 4.57 Å². The quantitative estimate of drug-likeness (QED) is 0.671. The highest BCUT2D eigenvalue weighted by atomic mass is 35.5. The van der Waals surface area contributed by atoms with Crippen molar-refractivity contribution in [3.8, 4) is 5.75 Å². The Bertz CT molecular complexity index is 779. The highest BCUT2D eigenvalue weighted by Gasteiger charge is 2.21. The molecule has 0 spiro atoms. The summed E-state index contributed by atoms with van der Waals surface area (Å²) in [7, 11) is 0. The van der Waals surface area contributed by atoms with Crippen LogP contribution in [0.3, 0.4) is 0 Å². The molecule has 1 fully saturated rings. The maximum Gasteiger partial charge on any atom is 0.202 e. The first kappa shape index (κ1) is 18.3. The lowest BCUT2D eigenvalue weighted by molar-refractivity contribution is 0.0914. The molecule has 0 bridgehead atoms. The first-order valence-corrected chi connectivity index (χ1v) is 9.10. The van der Waals surface area contributed by atoms with Gasteiger partial charge in [-0.25, -0.2) is 0 Å². The van der Waals surface area contributed by atoms with Crippen LogP contribution in [0.25, 0.3) is 0 Å². The summed E-state index contributed by atoms with van der Waals surface area (Å²) in [6.45, 7) is 5.52. The number of aryl methyl sites for hydroxylation is 1. The number of carbonyl (C=O) groups is 1. The smallest absolute Gasteiger partial charge is 0.202 e. The van der Waals surface area contributed by atoms with E-state index >= 15 is 0 Å². The zero-order valence-corrected chi connectivity index (χ0v) is 15.9. The van der Waals surface area contributed by atoms with Gasteiger partial charge in [-0.1, -0.05) is 23.2 Å². The van der Waals surface area contributed by atoms with Crippen molar-refractivity contribution in [2.45, 2.75) is 39.3 Å². The van der Waals surface area contributed by atoms with Crippen molar-refractivity contribution < 1.29 is 14.3 Å². The second-order valence-electron chi connectivity index (χ2n) is 6.32. The Balaban J connectivity index is 1.69. The van der Waals surface area contributed by atoms with Gasteiger partial charge < -0.3 is 14.0 Å². The number of ketones is 1. The van der Waals surface area contributed by atoms with Crippen molar-refractivity contribution in [1.29, 1.82) is 0 Å². The number of hydrogen-bond acceptors (Lipinski definition) is 3. The minimum atomic E-state index is -0.0716. The normalized spacial score (nSPS) is 17.0. The van der Waals surface area contributed by atoms with E-state index in [-0.39, 0.29) is 18.5 Å². The fourth-order valence-electron chi connectivity index (χ4n) is 3.17. The summed E-state index contributed by atoms with van der Waals surface area (Å²) >= 11 is 11.9. The third-order valence-electron chi connectivity index (χ3n) is 4.54. The molecule has 6 heteroatoms. The minimum Gasteiger partial charge on any atom is -0.484 e. The lowest BCUT2D eigenvalue weighted by atomic mass is 10.1. The summed E-state index contributed by atoms with van der Waals surface area (Å²) in [6, 6.07) is 6.86. The maximum absolute atomic E-state index is 12.6. The number of aromatic nitrogens is 1. The first-order chi connectivity index (χ1) is 12.0. The molecule has 4 nitrogen and oxygen atoms in total. The molecule has 1 aliphatic heterocycles. The molecule has 2 aromatic rings. The molecule has 25 heavy (non-hydrogen) atoms. The van der Waals surface area contributed by atoms with Gasteiger partial charge in [0.05, 0.1) is 11.1 Å². The van der Waals surface area contributed by atoms with E-state index in [1.54, 1.807) is 18.2 Å². The van der Waals surface area contributed by atoms with E-state index < -0.39 is 0 Å². The van der Waals surface area contributed by atoms with Gasteiger partial charge >= 0.3 is 0 Å². The van der Waals surface area contributed by atoms with Gasteiger partial charge in [0.15, 0.2) is 6.61 Å². The third-order valence-corrected chi connectivity index (χ3v) is 5.07. The Kier molecular flexibility index (Phi) is 5.72. The van der Waals surface area contributed by atoms with Crippen LogP contribution >= 0.6 is 23.2 Å². The van der Waals surface area contributed by atoms with Gasteiger partial charge in [-0.2, -0.15) is 0 Å². The van der Waals surface area contributed by atoms with Crippen LogP contribution < -0.4 is 4.74 Å². The SMILES string of the molecule is Cc1cc(C(=O)COc2ccc(Cl)cc2Cl)c(C)n1CC1CCCO1. The highest BCUT2D eigenvalue weighted by Crippen LogP contribution is 2.28. The number of nitrogens with zero attached hydrogens (tertiary/aromatic N) is 1. The molecular formula is C19H21Cl2NO3. The molecule has 1 aromatic heterocycles. The zero-order chi connectivity index (χ0) is 18.0. The highest BCUT2D eigenvalue weighted by molar-refractivity contribution is 6.35. The van der Waals surface area contributed by atoms with Crippen molar-refractivity contribution in [3.63, 3.8) is 0 Å². The maximum atomic E-state index is 12.6. The lowest BCUT2D eigenvalue weighted by Gasteiger charge is -2.15.